The van der Waals surface area contributed by atoms with E-state index in [1.54, 1.807) is 7.11 Å². The van der Waals surface area contributed by atoms with Crippen molar-refractivity contribution in [1.29, 1.82) is 0 Å². The van der Waals surface area contributed by atoms with Crippen molar-refractivity contribution in [2.75, 3.05) is 7.11 Å². The second kappa shape index (κ2) is 4.14. The molecular weight excluding hydrogens is 222 g/mol. The highest BCUT2D eigenvalue weighted by Crippen LogP contribution is 2.40. The molecule has 1 aliphatic carbocycles. The first-order valence-corrected chi connectivity index (χ1v) is 6.26. The van der Waals surface area contributed by atoms with Crippen LogP contribution in [0, 0.1) is 0 Å². The number of nitrogens with two attached hydrogens (primary N) is 1. The fraction of sp³-hybridized carbons (Fsp3) is 0.250. The van der Waals surface area contributed by atoms with Crippen LogP contribution in [-0.4, -0.2) is 7.11 Å². The lowest BCUT2D eigenvalue weighted by Gasteiger charge is -2.26. The van der Waals surface area contributed by atoms with Crippen molar-refractivity contribution < 1.29 is 4.74 Å². The normalized spacial score (nSPS) is 21.7. The third-order valence-corrected chi connectivity index (χ3v) is 3.87. The van der Waals surface area contributed by atoms with Crippen molar-refractivity contribution in [3.05, 3.63) is 65.2 Å². The highest BCUT2D eigenvalue weighted by atomic mass is 16.5. The van der Waals surface area contributed by atoms with Crippen molar-refractivity contribution >= 4 is 0 Å². The zero-order valence-electron chi connectivity index (χ0n) is 10.5. The average molecular weight is 239 g/mol. The van der Waals surface area contributed by atoms with E-state index in [-0.39, 0.29) is 5.54 Å². The SMILES string of the molecule is COc1cccc(C2(N)CCc3ccccc32)c1. The van der Waals surface area contributed by atoms with E-state index >= 15 is 0 Å². The molecule has 0 aliphatic heterocycles. The third-order valence-electron chi connectivity index (χ3n) is 3.87. The molecule has 1 unspecified atom stereocenters. The molecule has 2 aromatic rings. The maximum absolute atomic E-state index is 6.66. The fourth-order valence-corrected chi connectivity index (χ4v) is 2.84. The molecule has 2 N–H and O–H groups in total. The summed E-state index contributed by atoms with van der Waals surface area (Å²) in [5.41, 5.74) is 10.0. The minimum atomic E-state index is -0.370. The summed E-state index contributed by atoms with van der Waals surface area (Å²) in [5, 5.41) is 0. The van der Waals surface area contributed by atoms with Crippen LogP contribution >= 0.6 is 0 Å². The summed E-state index contributed by atoms with van der Waals surface area (Å²) >= 11 is 0. The van der Waals surface area contributed by atoms with Gasteiger partial charge in [0.2, 0.25) is 0 Å². The van der Waals surface area contributed by atoms with Gasteiger partial charge < -0.3 is 10.5 Å². The molecule has 0 bridgehead atoms. The quantitative estimate of drug-likeness (QED) is 0.874. The lowest BCUT2D eigenvalue weighted by atomic mass is 9.85. The molecule has 0 saturated carbocycles. The molecule has 0 amide bonds. The minimum Gasteiger partial charge on any atom is -0.497 e. The summed E-state index contributed by atoms with van der Waals surface area (Å²) in [4.78, 5) is 0. The molecule has 2 aromatic carbocycles. The van der Waals surface area contributed by atoms with Crippen molar-refractivity contribution in [2.45, 2.75) is 18.4 Å². The smallest absolute Gasteiger partial charge is 0.119 e. The van der Waals surface area contributed by atoms with Crippen LogP contribution in [0.4, 0.5) is 0 Å². The molecule has 0 heterocycles. The lowest BCUT2D eigenvalue weighted by Crippen LogP contribution is -2.35. The van der Waals surface area contributed by atoms with Crippen LogP contribution < -0.4 is 10.5 Å². The number of ether oxygens (including phenoxy) is 1. The van der Waals surface area contributed by atoms with E-state index in [1.165, 1.54) is 11.1 Å². The Morgan fingerprint density at radius 1 is 1.11 bits per heavy atom. The van der Waals surface area contributed by atoms with E-state index in [1.807, 2.05) is 18.2 Å². The van der Waals surface area contributed by atoms with Crippen LogP contribution in [0.25, 0.3) is 0 Å². The van der Waals surface area contributed by atoms with Gasteiger partial charge in [-0.05, 0) is 41.7 Å². The monoisotopic (exact) mass is 239 g/mol. The zero-order valence-corrected chi connectivity index (χ0v) is 10.5. The van der Waals surface area contributed by atoms with E-state index in [9.17, 15) is 0 Å². The molecule has 0 aromatic heterocycles. The van der Waals surface area contributed by atoms with Crippen molar-refractivity contribution in [1.82, 2.24) is 0 Å². The molecule has 92 valence electrons. The van der Waals surface area contributed by atoms with Gasteiger partial charge in [-0.2, -0.15) is 0 Å². The van der Waals surface area contributed by atoms with Gasteiger partial charge in [-0.25, -0.2) is 0 Å². The number of rotatable bonds is 2. The Bertz CT molecular complexity index is 579. The second-order valence-corrected chi connectivity index (χ2v) is 4.86. The summed E-state index contributed by atoms with van der Waals surface area (Å²) in [6.07, 6.45) is 2.00. The van der Waals surface area contributed by atoms with E-state index < -0.39 is 0 Å². The molecule has 2 nitrogen and oxygen atoms in total. The van der Waals surface area contributed by atoms with E-state index in [0.717, 1.165) is 24.2 Å². The van der Waals surface area contributed by atoms with Crippen molar-refractivity contribution in [3.63, 3.8) is 0 Å². The Hall–Kier alpha value is -1.80. The third kappa shape index (κ3) is 1.61. The maximum Gasteiger partial charge on any atom is 0.119 e. The summed E-state index contributed by atoms with van der Waals surface area (Å²) < 4.78 is 5.29. The Morgan fingerprint density at radius 2 is 1.94 bits per heavy atom. The maximum atomic E-state index is 6.66. The van der Waals surface area contributed by atoms with Gasteiger partial charge in [0.25, 0.3) is 0 Å². The molecule has 2 heteroatoms. The molecule has 0 radical (unpaired) electrons. The number of methoxy groups -OCH3 is 1. The number of benzene rings is 2. The minimum absolute atomic E-state index is 0.370. The first-order valence-electron chi connectivity index (χ1n) is 6.26. The molecule has 0 spiro atoms. The predicted octanol–water partition coefficient (Wildman–Crippen LogP) is 2.84. The van der Waals surface area contributed by atoms with E-state index in [2.05, 4.69) is 30.3 Å². The highest BCUT2D eigenvalue weighted by Gasteiger charge is 2.36. The number of hydrogen-bond donors (Lipinski definition) is 1. The molecule has 0 fully saturated rings. The number of aryl methyl sites for hydroxylation is 1. The second-order valence-electron chi connectivity index (χ2n) is 4.86. The Labute approximate surface area is 107 Å². The Balaban J connectivity index is 2.11. The molecule has 1 aliphatic rings. The molecule has 0 saturated heterocycles. The van der Waals surface area contributed by atoms with Gasteiger partial charge in [0.05, 0.1) is 12.6 Å². The van der Waals surface area contributed by atoms with Crippen LogP contribution in [0.1, 0.15) is 23.1 Å². The largest absolute Gasteiger partial charge is 0.497 e. The first-order chi connectivity index (χ1) is 8.74. The molecular formula is C16H17NO. The van der Waals surface area contributed by atoms with Gasteiger partial charge in [-0.3, -0.25) is 0 Å². The van der Waals surface area contributed by atoms with Gasteiger partial charge in [0, 0.05) is 0 Å². The first kappa shape index (κ1) is 11.3. The summed E-state index contributed by atoms with van der Waals surface area (Å²) in [6, 6.07) is 16.5. The van der Waals surface area contributed by atoms with Gasteiger partial charge in [0.15, 0.2) is 0 Å². The summed E-state index contributed by atoms with van der Waals surface area (Å²) in [7, 11) is 1.69. The summed E-state index contributed by atoms with van der Waals surface area (Å²) in [6.45, 7) is 0. The number of fused-ring (bicyclic) bond motifs is 1. The molecule has 18 heavy (non-hydrogen) atoms. The fourth-order valence-electron chi connectivity index (χ4n) is 2.84. The Morgan fingerprint density at radius 3 is 2.78 bits per heavy atom. The van der Waals surface area contributed by atoms with E-state index in [4.69, 9.17) is 10.5 Å². The number of hydrogen-bond acceptors (Lipinski definition) is 2. The Kier molecular flexibility index (Phi) is 2.60. The standard InChI is InChI=1S/C16H17NO/c1-18-14-7-4-6-13(11-14)16(17)10-9-12-5-2-3-8-15(12)16/h2-8,11H,9-10,17H2,1H3. The molecule has 1 atom stereocenters. The van der Waals surface area contributed by atoms with Gasteiger partial charge in [-0.15, -0.1) is 0 Å². The van der Waals surface area contributed by atoms with E-state index in [0.29, 0.717) is 0 Å². The van der Waals surface area contributed by atoms with Crippen LogP contribution in [0.5, 0.6) is 5.75 Å². The van der Waals surface area contributed by atoms with Gasteiger partial charge >= 0.3 is 0 Å². The predicted molar refractivity (Wildman–Crippen MR) is 72.7 cm³/mol. The van der Waals surface area contributed by atoms with Crippen LogP contribution in [0.3, 0.4) is 0 Å². The topological polar surface area (TPSA) is 35.2 Å². The van der Waals surface area contributed by atoms with Crippen LogP contribution in [0.2, 0.25) is 0 Å². The lowest BCUT2D eigenvalue weighted by molar-refractivity contribution is 0.412. The zero-order chi connectivity index (χ0) is 12.6. The average Bonchev–Trinajstić information content (AvgIpc) is 2.79. The van der Waals surface area contributed by atoms with Gasteiger partial charge in [-0.1, -0.05) is 36.4 Å². The highest BCUT2D eigenvalue weighted by molar-refractivity contribution is 5.48. The van der Waals surface area contributed by atoms with Crippen LogP contribution in [-0.2, 0) is 12.0 Å². The van der Waals surface area contributed by atoms with Gasteiger partial charge in [0.1, 0.15) is 5.75 Å². The van der Waals surface area contributed by atoms with Crippen molar-refractivity contribution in [3.8, 4) is 5.75 Å². The molecule has 3 rings (SSSR count). The summed E-state index contributed by atoms with van der Waals surface area (Å²) in [5.74, 6) is 0.863. The van der Waals surface area contributed by atoms with Crippen LogP contribution in [0.15, 0.2) is 48.5 Å². The van der Waals surface area contributed by atoms with Crippen molar-refractivity contribution in [2.24, 2.45) is 5.73 Å².